The number of carbonyl (C=O) groups excluding carboxylic acids is 1. The Kier molecular flexibility index (Phi) is 4.46. The van der Waals surface area contributed by atoms with Gasteiger partial charge in [0.25, 0.3) is 5.91 Å². The molecule has 6 nitrogen and oxygen atoms in total. The Morgan fingerprint density at radius 1 is 1.31 bits per heavy atom. The average Bonchev–Trinajstić information content (AvgIpc) is 3.40. The van der Waals surface area contributed by atoms with Crippen LogP contribution in [0.3, 0.4) is 0 Å². The van der Waals surface area contributed by atoms with E-state index in [1.54, 1.807) is 7.11 Å². The van der Waals surface area contributed by atoms with Crippen LogP contribution in [0.1, 0.15) is 39.3 Å². The summed E-state index contributed by atoms with van der Waals surface area (Å²) >= 11 is 1.51. The number of nitrogens with zero attached hydrogens (tertiary/aromatic N) is 3. The van der Waals surface area contributed by atoms with Crippen molar-refractivity contribution in [3.63, 3.8) is 0 Å². The quantitative estimate of drug-likeness (QED) is 0.693. The Hall–Kier alpha value is -2.67. The maximum absolute atomic E-state index is 12.8. The van der Waals surface area contributed by atoms with E-state index in [9.17, 15) is 4.79 Å². The first kappa shape index (κ1) is 16.8. The first-order valence-corrected chi connectivity index (χ1v) is 9.33. The Bertz CT molecular complexity index is 934. The molecule has 1 aliphatic rings. The number of amides is 1. The van der Waals surface area contributed by atoms with E-state index < -0.39 is 0 Å². The van der Waals surface area contributed by atoms with Crippen LogP contribution in [0.2, 0.25) is 0 Å². The van der Waals surface area contributed by atoms with E-state index >= 15 is 0 Å². The molecular weight excluding hydrogens is 350 g/mol. The number of para-hydroxylation sites is 1. The summed E-state index contributed by atoms with van der Waals surface area (Å²) in [4.78, 5) is 21.1. The minimum atomic E-state index is -0.180. The lowest BCUT2D eigenvalue weighted by molar-refractivity contribution is 0.0715. The van der Waals surface area contributed by atoms with Crippen molar-refractivity contribution in [2.75, 3.05) is 13.7 Å². The lowest BCUT2D eigenvalue weighted by Gasteiger charge is -2.21. The van der Waals surface area contributed by atoms with Crippen LogP contribution in [-0.2, 0) is 0 Å². The molecule has 1 amide bonds. The highest BCUT2D eigenvalue weighted by atomic mass is 32.1. The number of likely N-dealkylation sites (tertiary alicyclic amines) is 1. The van der Waals surface area contributed by atoms with Gasteiger partial charge in [-0.05, 0) is 44.0 Å². The summed E-state index contributed by atoms with van der Waals surface area (Å²) < 4.78 is 10.9. The summed E-state index contributed by atoms with van der Waals surface area (Å²) in [5.74, 6) is 1.67. The number of ether oxygens (including phenoxy) is 1. The molecule has 0 radical (unpaired) electrons. The Labute approximate surface area is 155 Å². The topological polar surface area (TPSA) is 68.5 Å². The maximum Gasteiger partial charge on any atom is 0.264 e. The van der Waals surface area contributed by atoms with Gasteiger partial charge >= 0.3 is 0 Å². The number of aromatic nitrogens is 2. The van der Waals surface area contributed by atoms with E-state index in [1.165, 1.54) is 11.3 Å². The van der Waals surface area contributed by atoms with Gasteiger partial charge in [-0.3, -0.25) is 4.79 Å². The van der Waals surface area contributed by atoms with Gasteiger partial charge in [0.1, 0.15) is 11.8 Å². The second-order valence-electron chi connectivity index (χ2n) is 6.22. The van der Waals surface area contributed by atoms with Crippen molar-refractivity contribution >= 4 is 17.2 Å². The number of thiophene rings is 1. The van der Waals surface area contributed by atoms with Gasteiger partial charge in [0.15, 0.2) is 0 Å². The molecule has 1 aliphatic heterocycles. The normalized spacial score (nSPS) is 16.8. The van der Waals surface area contributed by atoms with Crippen molar-refractivity contribution in [1.82, 2.24) is 15.0 Å². The molecule has 1 saturated heterocycles. The molecule has 0 aliphatic carbocycles. The van der Waals surface area contributed by atoms with Gasteiger partial charge in [-0.25, -0.2) is 0 Å². The fraction of sp³-hybridized carbons (Fsp3) is 0.316. The molecule has 0 N–H and O–H groups in total. The van der Waals surface area contributed by atoms with E-state index in [-0.39, 0.29) is 11.9 Å². The number of hydrogen-bond acceptors (Lipinski definition) is 6. The van der Waals surface area contributed by atoms with Crippen LogP contribution in [0.5, 0.6) is 5.75 Å². The zero-order valence-electron chi connectivity index (χ0n) is 14.6. The molecule has 1 atom stereocenters. The van der Waals surface area contributed by atoms with E-state index in [4.69, 9.17) is 9.26 Å². The third-order valence-corrected chi connectivity index (χ3v) is 5.53. The molecule has 134 valence electrons. The molecule has 4 rings (SSSR count). The predicted octanol–water partition coefficient (Wildman–Crippen LogP) is 4.09. The second kappa shape index (κ2) is 6.92. The Morgan fingerprint density at radius 2 is 2.15 bits per heavy atom. The number of methoxy groups -OCH3 is 1. The molecule has 0 saturated carbocycles. The van der Waals surface area contributed by atoms with Crippen molar-refractivity contribution in [3.05, 3.63) is 52.0 Å². The number of aryl methyl sites for hydroxylation is 1. The number of rotatable bonds is 4. The van der Waals surface area contributed by atoms with Crippen LogP contribution in [0.15, 0.2) is 40.9 Å². The Morgan fingerprint density at radius 3 is 2.92 bits per heavy atom. The zero-order chi connectivity index (χ0) is 18.1. The molecule has 1 aromatic carbocycles. The van der Waals surface area contributed by atoms with Crippen molar-refractivity contribution in [1.29, 1.82) is 0 Å². The molecule has 0 bridgehead atoms. The van der Waals surface area contributed by atoms with E-state index in [0.717, 1.165) is 28.2 Å². The molecule has 0 unspecified atom stereocenters. The summed E-state index contributed by atoms with van der Waals surface area (Å²) in [6.07, 6.45) is 1.75. The summed E-state index contributed by atoms with van der Waals surface area (Å²) in [7, 11) is 1.61. The van der Waals surface area contributed by atoms with Crippen LogP contribution < -0.4 is 4.74 Å². The van der Waals surface area contributed by atoms with Gasteiger partial charge in [-0.2, -0.15) is 4.98 Å². The van der Waals surface area contributed by atoms with Crippen LogP contribution in [0.4, 0.5) is 0 Å². The van der Waals surface area contributed by atoms with Gasteiger partial charge in [0.2, 0.25) is 11.7 Å². The highest BCUT2D eigenvalue weighted by molar-refractivity contribution is 7.13. The minimum Gasteiger partial charge on any atom is -0.496 e. The van der Waals surface area contributed by atoms with Crippen LogP contribution in [0.25, 0.3) is 11.4 Å². The van der Waals surface area contributed by atoms with Gasteiger partial charge in [0, 0.05) is 11.4 Å². The zero-order valence-corrected chi connectivity index (χ0v) is 15.5. The number of carbonyl (C=O) groups is 1. The van der Waals surface area contributed by atoms with Crippen molar-refractivity contribution in [3.8, 4) is 17.1 Å². The summed E-state index contributed by atoms with van der Waals surface area (Å²) in [5, 5.41) is 4.11. The molecule has 3 heterocycles. The van der Waals surface area contributed by atoms with E-state index in [2.05, 4.69) is 10.1 Å². The number of hydrogen-bond donors (Lipinski definition) is 0. The fourth-order valence-electron chi connectivity index (χ4n) is 3.27. The third-order valence-electron chi connectivity index (χ3n) is 4.54. The van der Waals surface area contributed by atoms with Crippen molar-refractivity contribution in [2.24, 2.45) is 0 Å². The summed E-state index contributed by atoms with van der Waals surface area (Å²) in [6.45, 7) is 2.70. The predicted molar refractivity (Wildman–Crippen MR) is 98.4 cm³/mol. The van der Waals surface area contributed by atoms with E-state index in [0.29, 0.717) is 24.0 Å². The molecule has 26 heavy (non-hydrogen) atoms. The van der Waals surface area contributed by atoms with Crippen LogP contribution in [-0.4, -0.2) is 34.6 Å². The van der Waals surface area contributed by atoms with Crippen LogP contribution in [0, 0.1) is 6.92 Å². The molecule has 1 fully saturated rings. The summed E-state index contributed by atoms with van der Waals surface area (Å²) in [6, 6.07) is 11.2. The van der Waals surface area contributed by atoms with Crippen LogP contribution >= 0.6 is 11.3 Å². The third kappa shape index (κ3) is 2.99. The number of benzene rings is 1. The van der Waals surface area contributed by atoms with E-state index in [1.807, 2.05) is 48.2 Å². The first-order chi connectivity index (χ1) is 12.7. The lowest BCUT2D eigenvalue weighted by atomic mass is 10.2. The van der Waals surface area contributed by atoms with Crippen molar-refractivity contribution in [2.45, 2.75) is 25.8 Å². The first-order valence-electron chi connectivity index (χ1n) is 8.52. The standard InChI is InChI=1S/C19H19N3O3S/c1-12-9-10-16(26-12)19(23)22-11-5-7-14(22)18-20-17(21-25-18)13-6-3-4-8-15(13)24-2/h3-4,6,8-10,14H,5,7,11H2,1-2H3/t14-/m0/s1. The maximum atomic E-state index is 12.8. The average molecular weight is 369 g/mol. The van der Waals surface area contributed by atoms with Crippen molar-refractivity contribution < 1.29 is 14.1 Å². The molecule has 2 aromatic heterocycles. The Balaban J connectivity index is 1.61. The smallest absolute Gasteiger partial charge is 0.264 e. The van der Waals surface area contributed by atoms with Gasteiger partial charge in [0.05, 0.1) is 17.6 Å². The van der Waals surface area contributed by atoms with Gasteiger partial charge < -0.3 is 14.2 Å². The second-order valence-corrected chi connectivity index (χ2v) is 7.51. The SMILES string of the molecule is COc1ccccc1-c1noc([C@@H]2CCCN2C(=O)c2ccc(C)s2)n1. The minimum absolute atomic E-state index is 0.0302. The fourth-order valence-corrected chi connectivity index (χ4v) is 4.09. The summed E-state index contributed by atoms with van der Waals surface area (Å²) in [5.41, 5.74) is 0.773. The lowest BCUT2D eigenvalue weighted by Crippen LogP contribution is -2.30. The molecule has 7 heteroatoms. The highest BCUT2D eigenvalue weighted by Crippen LogP contribution is 2.35. The monoisotopic (exact) mass is 369 g/mol. The van der Waals surface area contributed by atoms with Gasteiger partial charge in [-0.1, -0.05) is 17.3 Å². The van der Waals surface area contributed by atoms with Gasteiger partial charge in [-0.15, -0.1) is 11.3 Å². The molecule has 3 aromatic rings. The molecular formula is C19H19N3O3S. The highest BCUT2D eigenvalue weighted by Gasteiger charge is 2.35. The largest absolute Gasteiger partial charge is 0.496 e. The molecule has 0 spiro atoms.